The van der Waals surface area contributed by atoms with Crippen LogP contribution in [0.25, 0.3) is 0 Å². The van der Waals surface area contributed by atoms with Gasteiger partial charge in [-0.25, -0.2) is 0 Å². The molecule has 0 saturated carbocycles. The van der Waals surface area contributed by atoms with E-state index in [1.54, 1.807) is 24.3 Å². The summed E-state index contributed by atoms with van der Waals surface area (Å²) in [6.45, 7) is 2.72. The highest BCUT2D eigenvalue weighted by atomic mass is 19.4. The van der Waals surface area contributed by atoms with Crippen LogP contribution in [0.15, 0.2) is 24.3 Å². The zero-order chi connectivity index (χ0) is 19.9. The number of halogens is 3. The van der Waals surface area contributed by atoms with Crippen molar-refractivity contribution in [2.75, 3.05) is 32.8 Å². The number of hydrogen-bond donors (Lipinski definition) is 1. The molecule has 0 atom stereocenters. The van der Waals surface area contributed by atoms with Crippen LogP contribution < -0.4 is 14.8 Å². The SMILES string of the molecule is CCOc1ccc(OCC(=O)NCC2CCN(C(=O)C(F)(F)F)CC2)cc1. The Morgan fingerprint density at radius 3 is 2.19 bits per heavy atom. The zero-order valence-electron chi connectivity index (χ0n) is 15.1. The maximum Gasteiger partial charge on any atom is 0.471 e. The minimum Gasteiger partial charge on any atom is -0.494 e. The van der Waals surface area contributed by atoms with Crippen molar-refractivity contribution in [1.29, 1.82) is 0 Å². The Kier molecular flexibility index (Phi) is 7.32. The summed E-state index contributed by atoms with van der Waals surface area (Å²) in [4.78, 5) is 23.8. The molecule has 1 heterocycles. The number of carbonyl (C=O) groups is 2. The molecule has 27 heavy (non-hydrogen) atoms. The van der Waals surface area contributed by atoms with E-state index >= 15 is 0 Å². The van der Waals surface area contributed by atoms with Crippen molar-refractivity contribution in [3.05, 3.63) is 24.3 Å². The first-order valence-electron chi connectivity index (χ1n) is 8.78. The lowest BCUT2D eigenvalue weighted by Crippen LogP contribution is -2.46. The molecule has 1 aliphatic rings. The molecular formula is C18H23F3N2O4. The zero-order valence-corrected chi connectivity index (χ0v) is 15.1. The van der Waals surface area contributed by atoms with E-state index in [2.05, 4.69) is 5.32 Å². The lowest BCUT2D eigenvalue weighted by Gasteiger charge is -2.32. The number of alkyl halides is 3. The first-order chi connectivity index (χ1) is 12.8. The van der Waals surface area contributed by atoms with E-state index in [1.807, 2.05) is 6.92 Å². The van der Waals surface area contributed by atoms with Crippen LogP contribution in [0.5, 0.6) is 11.5 Å². The molecule has 0 unspecified atom stereocenters. The van der Waals surface area contributed by atoms with E-state index in [4.69, 9.17) is 9.47 Å². The fraction of sp³-hybridized carbons (Fsp3) is 0.556. The smallest absolute Gasteiger partial charge is 0.471 e. The number of piperidine rings is 1. The molecule has 0 aromatic heterocycles. The Morgan fingerprint density at radius 1 is 1.11 bits per heavy atom. The number of ether oxygens (including phenoxy) is 2. The van der Waals surface area contributed by atoms with Gasteiger partial charge in [0, 0.05) is 19.6 Å². The van der Waals surface area contributed by atoms with Gasteiger partial charge in [-0.1, -0.05) is 0 Å². The van der Waals surface area contributed by atoms with Crippen molar-refractivity contribution >= 4 is 11.8 Å². The number of likely N-dealkylation sites (tertiary alicyclic amines) is 1. The van der Waals surface area contributed by atoms with Crippen LogP contribution >= 0.6 is 0 Å². The topological polar surface area (TPSA) is 67.9 Å². The number of hydrogen-bond acceptors (Lipinski definition) is 4. The highest BCUT2D eigenvalue weighted by Crippen LogP contribution is 2.23. The predicted octanol–water partition coefficient (Wildman–Crippen LogP) is 2.38. The maximum atomic E-state index is 12.4. The second-order valence-electron chi connectivity index (χ2n) is 6.23. The summed E-state index contributed by atoms with van der Waals surface area (Å²) in [5.41, 5.74) is 0. The van der Waals surface area contributed by atoms with Crippen LogP contribution in [0.2, 0.25) is 0 Å². The van der Waals surface area contributed by atoms with Crippen LogP contribution in [0.4, 0.5) is 13.2 Å². The summed E-state index contributed by atoms with van der Waals surface area (Å²) < 4.78 is 47.9. The Morgan fingerprint density at radius 2 is 1.67 bits per heavy atom. The molecule has 0 radical (unpaired) electrons. The van der Waals surface area contributed by atoms with E-state index in [1.165, 1.54) is 0 Å². The van der Waals surface area contributed by atoms with Crippen LogP contribution in [-0.2, 0) is 9.59 Å². The first kappa shape index (κ1) is 20.9. The molecule has 2 amide bonds. The quantitative estimate of drug-likeness (QED) is 0.779. The van der Waals surface area contributed by atoms with E-state index in [0.29, 0.717) is 37.5 Å². The Labute approximate surface area is 155 Å². The maximum absolute atomic E-state index is 12.4. The molecule has 1 aromatic rings. The lowest BCUT2D eigenvalue weighted by atomic mass is 9.96. The summed E-state index contributed by atoms with van der Waals surface area (Å²) in [5.74, 6) is -0.819. The average molecular weight is 388 g/mol. The first-order valence-corrected chi connectivity index (χ1v) is 8.78. The molecule has 1 N–H and O–H groups in total. The van der Waals surface area contributed by atoms with Crippen molar-refractivity contribution in [3.8, 4) is 11.5 Å². The third kappa shape index (κ3) is 6.65. The van der Waals surface area contributed by atoms with Gasteiger partial charge in [0.25, 0.3) is 5.91 Å². The number of nitrogens with one attached hydrogen (secondary N) is 1. The van der Waals surface area contributed by atoms with Gasteiger partial charge in [-0.05, 0) is 49.9 Å². The third-order valence-corrected chi connectivity index (χ3v) is 4.24. The highest BCUT2D eigenvalue weighted by Gasteiger charge is 2.43. The summed E-state index contributed by atoms with van der Waals surface area (Å²) in [5, 5.41) is 2.71. The Bertz CT molecular complexity index is 626. The summed E-state index contributed by atoms with van der Waals surface area (Å²) >= 11 is 0. The van der Waals surface area contributed by atoms with Crippen molar-refractivity contribution < 1.29 is 32.2 Å². The molecule has 150 valence electrons. The summed E-state index contributed by atoms with van der Waals surface area (Å²) in [7, 11) is 0. The van der Waals surface area contributed by atoms with Crippen molar-refractivity contribution in [2.24, 2.45) is 5.92 Å². The van der Waals surface area contributed by atoms with Crippen molar-refractivity contribution in [1.82, 2.24) is 10.2 Å². The molecule has 1 saturated heterocycles. The number of amides is 2. The minimum atomic E-state index is -4.83. The van der Waals surface area contributed by atoms with Crippen molar-refractivity contribution in [3.63, 3.8) is 0 Å². The summed E-state index contributed by atoms with van der Waals surface area (Å²) in [6.07, 6.45) is -4.00. The van der Waals surface area contributed by atoms with Gasteiger partial charge >= 0.3 is 12.1 Å². The van der Waals surface area contributed by atoms with E-state index in [9.17, 15) is 22.8 Å². The molecule has 6 nitrogen and oxygen atoms in total. The normalized spacial score (nSPS) is 15.3. The largest absolute Gasteiger partial charge is 0.494 e. The van der Waals surface area contributed by atoms with Crippen molar-refractivity contribution in [2.45, 2.75) is 25.9 Å². The Hall–Kier alpha value is -2.45. The van der Waals surface area contributed by atoms with Crippen LogP contribution in [0.1, 0.15) is 19.8 Å². The van der Waals surface area contributed by atoms with Gasteiger partial charge in [0.1, 0.15) is 11.5 Å². The second-order valence-corrected chi connectivity index (χ2v) is 6.23. The molecule has 0 spiro atoms. The van der Waals surface area contributed by atoms with E-state index in [-0.39, 0.29) is 31.5 Å². The van der Waals surface area contributed by atoms with E-state index < -0.39 is 12.1 Å². The van der Waals surface area contributed by atoms with Gasteiger partial charge in [0.15, 0.2) is 6.61 Å². The monoisotopic (exact) mass is 388 g/mol. The molecule has 9 heteroatoms. The molecule has 0 bridgehead atoms. The average Bonchev–Trinajstić information content (AvgIpc) is 2.65. The van der Waals surface area contributed by atoms with Gasteiger partial charge in [-0.2, -0.15) is 13.2 Å². The second kappa shape index (κ2) is 9.48. The third-order valence-electron chi connectivity index (χ3n) is 4.24. The fourth-order valence-corrected chi connectivity index (χ4v) is 2.78. The Balaban J connectivity index is 1.65. The van der Waals surface area contributed by atoms with Crippen LogP contribution in [-0.4, -0.2) is 55.7 Å². The molecule has 1 aliphatic heterocycles. The number of nitrogens with zero attached hydrogens (tertiary/aromatic N) is 1. The van der Waals surface area contributed by atoms with Gasteiger partial charge in [0.2, 0.25) is 0 Å². The fourth-order valence-electron chi connectivity index (χ4n) is 2.78. The molecule has 1 fully saturated rings. The lowest BCUT2D eigenvalue weighted by molar-refractivity contribution is -0.186. The number of benzene rings is 1. The molecule has 0 aliphatic carbocycles. The highest BCUT2D eigenvalue weighted by molar-refractivity contribution is 5.82. The van der Waals surface area contributed by atoms with Gasteiger partial charge in [0.05, 0.1) is 6.61 Å². The van der Waals surface area contributed by atoms with Gasteiger partial charge < -0.3 is 19.7 Å². The summed E-state index contributed by atoms with van der Waals surface area (Å²) in [6, 6.07) is 6.89. The number of rotatable bonds is 7. The minimum absolute atomic E-state index is 0.0386. The van der Waals surface area contributed by atoms with Gasteiger partial charge in [-0.3, -0.25) is 9.59 Å². The molecular weight excluding hydrogens is 365 g/mol. The van der Waals surface area contributed by atoms with Crippen LogP contribution in [0, 0.1) is 5.92 Å². The standard InChI is InChI=1S/C18H23F3N2O4/c1-2-26-14-3-5-15(6-4-14)27-12-16(24)22-11-13-7-9-23(10-8-13)17(25)18(19,20)21/h3-6,13H,2,7-12H2,1H3,(H,22,24). The molecule has 2 rings (SSSR count). The molecule has 1 aromatic carbocycles. The predicted molar refractivity (Wildman–Crippen MR) is 91.5 cm³/mol. The van der Waals surface area contributed by atoms with Crippen LogP contribution in [0.3, 0.4) is 0 Å². The van der Waals surface area contributed by atoms with Gasteiger partial charge in [-0.15, -0.1) is 0 Å². The number of carbonyl (C=O) groups excluding carboxylic acids is 2. The van der Waals surface area contributed by atoms with E-state index in [0.717, 1.165) is 4.90 Å².